The van der Waals surface area contributed by atoms with E-state index in [0.717, 1.165) is 22.3 Å². The first-order chi connectivity index (χ1) is 6.72. The number of pyridine rings is 1. The maximum Gasteiger partial charge on any atom is 0.145 e. The topological polar surface area (TPSA) is 22.1 Å². The van der Waals surface area contributed by atoms with Gasteiger partial charge in [0.15, 0.2) is 0 Å². The number of methoxy groups -OCH3 is 1. The Bertz CT molecular complexity index is 477. The van der Waals surface area contributed by atoms with Gasteiger partial charge in [-0.3, -0.25) is 0 Å². The van der Waals surface area contributed by atoms with Crippen molar-refractivity contribution in [2.24, 2.45) is 0 Å². The highest BCUT2D eigenvalue weighted by atomic mass is 16.5. The Kier molecular flexibility index (Phi) is 2.12. The predicted octanol–water partition coefficient (Wildman–Crippen LogP) is 2.86. The lowest BCUT2D eigenvalue weighted by atomic mass is 10.1. The quantitative estimate of drug-likeness (QED) is 0.684. The van der Waals surface area contributed by atoms with Gasteiger partial charge in [0.2, 0.25) is 0 Å². The van der Waals surface area contributed by atoms with Gasteiger partial charge in [0, 0.05) is 11.1 Å². The molecule has 0 fully saturated rings. The van der Waals surface area contributed by atoms with Crippen LogP contribution in [0.5, 0.6) is 5.75 Å². The van der Waals surface area contributed by atoms with Crippen LogP contribution in [0.1, 0.15) is 11.3 Å². The van der Waals surface area contributed by atoms with Crippen LogP contribution in [0.4, 0.5) is 0 Å². The fraction of sp³-hybridized carbons (Fsp3) is 0.250. The maximum atomic E-state index is 5.27. The minimum absolute atomic E-state index is 0.842. The molecule has 0 aliphatic heterocycles. The van der Waals surface area contributed by atoms with E-state index in [0.29, 0.717) is 0 Å². The highest BCUT2D eigenvalue weighted by Crippen LogP contribution is 2.26. The molecular formula is C12H13NO. The molecule has 0 aliphatic rings. The van der Waals surface area contributed by atoms with Crippen LogP contribution in [0.15, 0.2) is 24.3 Å². The molecule has 0 bridgehead atoms. The first-order valence-corrected chi connectivity index (χ1v) is 4.63. The van der Waals surface area contributed by atoms with E-state index in [4.69, 9.17) is 4.74 Å². The highest BCUT2D eigenvalue weighted by molar-refractivity contribution is 5.87. The summed E-state index contributed by atoms with van der Waals surface area (Å²) in [6.45, 7) is 4.07. The van der Waals surface area contributed by atoms with E-state index in [2.05, 4.69) is 24.0 Å². The van der Waals surface area contributed by atoms with Crippen LogP contribution in [0, 0.1) is 13.8 Å². The molecule has 0 atom stereocenters. The lowest BCUT2D eigenvalue weighted by molar-refractivity contribution is 0.419. The van der Waals surface area contributed by atoms with Crippen molar-refractivity contribution in [3.05, 3.63) is 35.5 Å². The number of hydrogen-bond donors (Lipinski definition) is 0. The molecule has 14 heavy (non-hydrogen) atoms. The van der Waals surface area contributed by atoms with Gasteiger partial charge in [-0.25, -0.2) is 4.98 Å². The van der Waals surface area contributed by atoms with Gasteiger partial charge in [-0.2, -0.15) is 0 Å². The van der Waals surface area contributed by atoms with E-state index in [1.54, 1.807) is 7.11 Å². The summed E-state index contributed by atoms with van der Waals surface area (Å²) in [4.78, 5) is 4.48. The number of rotatable bonds is 1. The zero-order chi connectivity index (χ0) is 10.1. The fourth-order valence-electron chi connectivity index (χ4n) is 1.60. The molecule has 2 rings (SSSR count). The molecule has 0 aliphatic carbocycles. The average molecular weight is 187 g/mol. The lowest BCUT2D eigenvalue weighted by Crippen LogP contribution is -1.91. The van der Waals surface area contributed by atoms with Crippen LogP contribution >= 0.6 is 0 Å². The van der Waals surface area contributed by atoms with E-state index in [1.165, 1.54) is 5.56 Å². The minimum atomic E-state index is 0.842. The summed E-state index contributed by atoms with van der Waals surface area (Å²) in [5.74, 6) is 0.842. The molecule has 0 saturated heterocycles. The summed E-state index contributed by atoms with van der Waals surface area (Å²) in [5, 5.41) is 1.16. The van der Waals surface area contributed by atoms with Crippen LogP contribution < -0.4 is 4.74 Å². The van der Waals surface area contributed by atoms with E-state index < -0.39 is 0 Å². The Balaban J connectivity index is 2.85. The maximum absolute atomic E-state index is 5.27. The van der Waals surface area contributed by atoms with Crippen LogP contribution in [-0.2, 0) is 0 Å². The van der Waals surface area contributed by atoms with E-state index >= 15 is 0 Å². The van der Waals surface area contributed by atoms with E-state index in [1.807, 2.05) is 19.1 Å². The van der Waals surface area contributed by atoms with Crippen molar-refractivity contribution in [3.63, 3.8) is 0 Å². The summed E-state index contributed by atoms with van der Waals surface area (Å²) in [5.41, 5.74) is 3.20. The SMILES string of the molecule is COc1ccc(C)c2ccc(C)nc12. The molecule has 0 radical (unpaired) electrons. The molecule has 1 heterocycles. The zero-order valence-electron chi connectivity index (χ0n) is 8.66. The van der Waals surface area contributed by atoms with Crippen molar-refractivity contribution < 1.29 is 4.74 Å². The lowest BCUT2D eigenvalue weighted by Gasteiger charge is -2.07. The largest absolute Gasteiger partial charge is 0.494 e. The van der Waals surface area contributed by atoms with Crippen molar-refractivity contribution in [2.45, 2.75) is 13.8 Å². The number of fused-ring (bicyclic) bond motifs is 1. The normalized spacial score (nSPS) is 10.5. The second-order valence-corrected chi connectivity index (χ2v) is 3.43. The van der Waals surface area contributed by atoms with Gasteiger partial charge >= 0.3 is 0 Å². The summed E-state index contributed by atoms with van der Waals surface area (Å²) in [6.07, 6.45) is 0. The number of ether oxygens (including phenoxy) is 1. The monoisotopic (exact) mass is 187 g/mol. The van der Waals surface area contributed by atoms with Gasteiger partial charge in [0.25, 0.3) is 0 Å². The zero-order valence-corrected chi connectivity index (χ0v) is 8.66. The number of benzene rings is 1. The van der Waals surface area contributed by atoms with E-state index in [-0.39, 0.29) is 0 Å². The third kappa shape index (κ3) is 1.33. The van der Waals surface area contributed by atoms with Gasteiger partial charge in [0.05, 0.1) is 7.11 Å². The van der Waals surface area contributed by atoms with Crippen LogP contribution in [0.2, 0.25) is 0 Å². The molecule has 1 aromatic carbocycles. The number of aryl methyl sites for hydroxylation is 2. The molecule has 2 aromatic rings. The Hall–Kier alpha value is -1.57. The van der Waals surface area contributed by atoms with Crippen LogP contribution in [-0.4, -0.2) is 12.1 Å². The minimum Gasteiger partial charge on any atom is -0.494 e. The van der Waals surface area contributed by atoms with Gasteiger partial charge in [-0.05, 0) is 31.5 Å². The molecule has 72 valence electrons. The number of aromatic nitrogens is 1. The second kappa shape index (κ2) is 3.29. The Morgan fingerprint density at radius 3 is 2.57 bits per heavy atom. The third-order valence-corrected chi connectivity index (χ3v) is 2.40. The second-order valence-electron chi connectivity index (χ2n) is 3.43. The predicted molar refractivity (Wildman–Crippen MR) is 57.8 cm³/mol. The Morgan fingerprint density at radius 2 is 1.86 bits per heavy atom. The van der Waals surface area contributed by atoms with Crippen molar-refractivity contribution in [3.8, 4) is 5.75 Å². The molecule has 0 N–H and O–H groups in total. The van der Waals surface area contributed by atoms with Crippen molar-refractivity contribution in [2.75, 3.05) is 7.11 Å². The standard InChI is InChI=1S/C12H13NO/c1-8-4-7-11(14-3)12-10(8)6-5-9(2)13-12/h4-7H,1-3H3. The first kappa shape index (κ1) is 9.00. The summed E-state index contributed by atoms with van der Waals surface area (Å²) in [6, 6.07) is 8.13. The number of hydrogen-bond acceptors (Lipinski definition) is 2. The van der Waals surface area contributed by atoms with E-state index in [9.17, 15) is 0 Å². The van der Waals surface area contributed by atoms with Crippen molar-refractivity contribution >= 4 is 10.9 Å². The molecule has 0 saturated carbocycles. The third-order valence-electron chi connectivity index (χ3n) is 2.40. The van der Waals surface area contributed by atoms with Crippen LogP contribution in [0.3, 0.4) is 0 Å². The van der Waals surface area contributed by atoms with Gasteiger partial charge in [-0.1, -0.05) is 12.1 Å². The number of nitrogens with zero attached hydrogens (tertiary/aromatic N) is 1. The van der Waals surface area contributed by atoms with Crippen LogP contribution in [0.25, 0.3) is 10.9 Å². The molecule has 2 nitrogen and oxygen atoms in total. The van der Waals surface area contributed by atoms with Gasteiger partial charge < -0.3 is 4.74 Å². The Labute approximate surface area is 83.5 Å². The van der Waals surface area contributed by atoms with Gasteiger partial charge in [0.1, 0.15) is 11.3 Å². The molecular weight excluding hydrogens is 174 g/mol. The molecule has 2 heteroatoms. The van der Waals surface area contributed by atoms with Crippen molar-refractivity contribution in [1.82, 2.24) is 4.98 Å². The van der Waals surface area contributed by atoms with Gasteiger partial charge in [-0.15, -0.1) is 0 Å². The Morgan fingerprint density at radius 1 is 1.07 bits per heavy atom. The highest BCUT2D eigenvalue weighted by Gasteiger charge is 2.04. The summed E-state index contributed by atoms with van der Waals surface area (Å²) in [7, 11) is 1.67. The summed E-state index contributed by atoms with van der Waals surface area (Å²) < 4.78 is 5.27. The molecule has 0 amide bonds. The molecule has 0 unspecified atom stereocenters. The average Bonchev–Trinajstić information content (AvgIpc) is 2.18. The molecule has 1 aromatic heterocycles. The van der Waals surface area contributed by atoms with Crippen molar-refractivity contribution in [1.29, 1.82) is 0 Å². The summed E-state index contributed by atoms with van der Waals surface area (Å²) >= 11 is 0. The fourth-order valence-corrected chi connectivity index (χ4v) is 1.60. The smallest absolute Gasteiger partial charge is 0.145 e. The molecule has 0 spiro atoms. The first-order valence-electron chi connectivity index (χ1n) is 4.63.